The summed E-state index contributed by atoms with van der Waals surface area (Å²) in [4.78, 5) is 8.06. The Bertz CT molecular complexity index is 1560. The number of sulfonamides is 1. The van der Waals surface area contributed by atoms with Crippen LogP contribution >= 0.6 is 0 Å². The lowest BCUT2D eigenvalue weighted by Crippen LogP contribution is -2.51. The summed E-state index contributed by atoms with van der Waals surface area (Å²) in [6.45, 7) is 1.60. The van der Waals surface area contributed by atoms with Crippen LogP contribution in [-0.4, -0.2) is 63.2 Å². The molecule has 2 atom stereocenters. The topological polar surface area (TPSA) is 134 Å². The highest BCUT2D eigenvalue weighted by Crippen LogP contribution is 2.30. The summed E-state index contributed by atoms with van der Waals surface area (Å²) in [5.41, 5.74) is 1.13. The van der Waals surface area contributed by atoms with E-state index in [1.54, 1.807) is 37.4 Å². The van der Waals surface area contributed by atoms with Crippen molar-refractivity contribution >= 4 is 15.8 Å². The molecular formula is C25H23F3N6O4S. The van der Waals surface area contributed by atoms with Crippen LogP contribution in [0.25, 0.3) is 22.7 Å². The number of aryl methyl sites for hydroxylation is 1. The van der Waals surface area contributed by atoms with E-state index in [4.69, 9.17) is 4.42 Å². The molecular weight excluding hydrogens is 537 g/mol. The van der Waals surface area contributed by atoms with Crippen LogP contribution in [0.15, 0.2) is 70.2 Å². The molecule has 1 aliphatic heterocycles. The first-order chi connectivity index (χ1) is 18.5. The molecule has 4 heterocycles. The van der Waals surface area contributed by atoms with E-state index >= 15 is 0 Å². The second-order valence-corrected chi connectivity index (χ2v) is 10.9. The second kappa shape index (κ2) is 10.4. The van der Waals surface area contributed by atoms with Crippen molar-refractivity contribution in [2.75, 3.05) is 18.4 Å². The van der Waals surface area contributed by atoms with Gasteiger partial charge in [-0.25, -0.2) is 13.4 Å². The van der Waals surface area contributed by atoms with Crippen LogP contribution in [0.4, 0.5) is 19.0 Å². The maximum atomic E-state index is 13.3. The number of anilines is 1. The molecule has 1 fully saturated rings. The number of hydrogen-bond donors (Lipinski definition) is 2. The number of β-amino-alcohol motifs (C(OH)–C–C–N with tert-alkyl or cyclic N) is 1. The molecule has 14 heteroatoms. The molecule has 1 aliphatic rings. The Morgan fingerprint density at radius 3 is 2.44 bits per heavy atom. The van der Waals surface area contributed by atoms with Crippen LogP contribution in [0.5, 0.6) is 0 Å². The molecule has 3 aromatic heterocycles. The van der Waals surface area contributed by atoms with Crippen molar-refractivity contribution in [3.8, 4) is 22.7 Å². The standard InChI is InChI=1S/C25H23F3N6O4S/c1-15-32-33-24(38-15)21-12-17(8-10-29-21)16-2-5-19(6-3-16)39(36,37)34-11-9-20(22(35)14-34)31-23-7-4-18(13-30-23)25(26,27)28/h2-8,10,12-13,20,22,35H,9,11,14H2,1H3,(H,30,31)/t20-,22+/m1/s1. The molecule has 4 aromatic rings. The minimum absolute atomic E-state index is 0.0658. The van der Waals surface area contributed by atoms with Gasteiger partial charge in [0.1, 0.15) is 11.5 Å². The zero-order chi connectivity index (χ0) is 27.8. The molecule has 0 radical (unpaired) electrons. The fourth-order valence-electron chi connectivity index (χ4n) is 4.22. The Morgan fingerprint density at radius 2 is 1.82 bits per heavy atom. The van der Waals surface area contributed by atoms with Gasteiger partial charge in [-0.2, -0.15) is 17.5 Å². The summed E-state index contributed by atoms with van der Waals surface area (Å²) in [6.07, 6.45) is -3.07. The van der Waals surface area contributed by atoms with Crippen molar-refractivity contribution in [2.45, 2.75) is 36.6 Å². The number of nitrogens with one attached hydrogen (secondary N) is 1. The number of benzene rings is 1. The lowest BCUT2D eigenvalue weighted by molar-refractivity contribution is -0.137. The maximum absolute atomic E-state index is 13.3. The largest absolute Gasteiger partial charge is 0.420 e. The molecule has 204 valence electrons. The number of alkyl halides is 3. The molecule has 5 rings (SSSR count). The molecule has 0 spiro atoms. The van der Waals surface area contributed by atoms with E-state index in [1.165, 1.54) is 22.5 Å². The van der Waals surface area contributed by atoms with E-state index in [1.807, 2.05) is 0 Å². The number of aliphatic hydroxyl groups excluding tert-OH is 1. The van der Waals surface area contributed by atoms with Gasteiger partial charge in [0.15, 0.2) is 0 Å². The Balaban J connectivity index is 1.25. The smallest absolute Gasteiger partial charge is 0.417 e. The van der Waals surface area contributed by atoms with Crippen molar-refractivity contribution in [1.82, 2.24) is 24.5 Å². The Labute approximate surface area is 221 Å². The molecule has 0 bridgehead atoms. The van der Waals surface area contributed by atoms with Gasteiger partial charge in [-0.1, -0.05) is 12.1 Å². The number of rotatable bonds is 6. The monoisotopic (exact) mass is 560 g/mol. The molecule has 1 aromatic carbocycles. The number of piperidine rings is 1. The summed E-state index contributed by atoms with van der Waals surface area (Å²) in [5, 5.41) is 21.3. The van der Waals surface area contributed by atoms with E-state index in [-0.39, 0.29) is 36.1 Å². The molecule has 10 nitrogen and oxygen atoms in total. The van der Waals surface area contributed by atoms with Crippen molar-refractivity contribution < 1.29 is 31.1 Å². The summed E-state index contributed by atoms with van der Waals surface area (Å²) in [6, 6.07) is 11.4. The molecule has 0 aliphatic carbocycles. The van der Waals surface area contributed by atoms with Crippen molar-refractivity contribution in [3.05, 3.63) is 72.4 Å². The Morgan fingerprint density at radius 1 is 1.05 bits per heavy atom. The van der Waals surface area contributed by atoms with Gasteiger partial charge in [0.05, 0.1) is 22.6 Å². The fourth-order valence-corrected chi connectivity index (χ4v) is 5.69. The predicted molar refractivity (Wildman–Crippen MR) is 134 cm³/mol. The highest BCUT2D eigenvalue weighted by Gasteiger charge is 2.35. The van der Waals surface area contributed by atoms with Gasteiger partial charge in [0, 0.05) is 32.4 Å². The summed E-state index contributed by atoms with van der Waals surface area (Å²) in [5.74, 6) is 0.847. The van der Waals surface area contributed by atoms with E-state index < -0.39 is 33.9 Å². The van der Waals surface area contributed by atoms with Crippen molar-refractivity contribution in [1.29, 1.82) is 0 Å². The normalized spacial score (nSPS) is 18.7. The van der Waals surface area contributed by atoms with Gasteiger partial charge in [-0.05, 0) is 53.9 Å². The molecule has 2 N–H and O–H groups in total. The van der Waals surface area contributed by atoms with Crippen LogP contribution in [0, 0.1) is 6.92 Å². The summed E-state index contributed by atoms with van der Waals surface area (Å²) in [7, 11) is -3.90. The minimum atomic E-state index is -4.50. The SMILES string of the molecule is Cc1nnc(-c2cc(-c3ccc(S(=O)(=O)N4CC[C@@H](Nc5ccc(C(F)(F)F)cn5)[C@@H](O)C4)cc3)ccn2)o1. The first kappa shape index (κ1) is 26.7. The first-order valence-corrected chi connectivity index (χ1v) is 13.3. The number of aromatic nitrogens is 4. The number of aliphatic hydroxyl groups is 1. The van der Waals surface area contributed by atoms with Crippen LogP contribution in [0.2, 0.25) is 0 Å². The Hall–Kier alpha value is -3.88. The van der Waals surface area contributed by atoms with E-state index in [2.05, 4.69) is 25.5 Å². The lowest BCUT2D eigenvalue weighted by Gasteiger charge is -2.35. The van der Waals surface area contributed by atoms with Gasteiger partial charge >= 0.3 is 6.18 Å². The van der Waals surface area contributed by atoms with E-state index in [0.717, 1.165) is 17.2 Å². The molecule has 0 amide bonds. The summed E-state index contributed by atoms with van der Waals surface area (Å²) < 4.78 is 71.4. The maximum Gasteiger partial charge on any atom is 0.417 e. The van der Waals surface area contributed by atoms with Crippen LogP contribution in [0.1, 0.15) is 17.9 Å². The number of halogens is 3. The lowest BCUT2D eigenvalue weighted by atomic mass is 10.0. The number of pyridine rings is 2. The molecule has 0 saturated carbocycles. The average Bonchev–Trinajstić information content (AvgIpc) is 3.36. The van der Waals surface area contributed by atoms with Gasteiger partial charge in [-0.3, -0.25) is 4.98 Å². The highest BCUT2D eigenvalue weighted by molar-refractivity contribution is 7.89. The zero-order valence-electron chi connectivity index (χ0n) is 20.5. The van der Waals surface area contributed by atoms with E-state index in [0.29, 0.717) is 17.8 Å². The predicted octanol–water partition coefficient (Wildman–Crippen LogP) is 3.76. The Kier molecular flexibility index (Phi) is 7.09. The average molecular weight is 561 g/mol. The zero-order valence-corrected chi connectivity index (χ0v) is 21.3. The third kappa shape index (κ3) is 5.77. The number of hydrogen-bond acceptors (Lipinski definition) is 9. The van der Waals surface area contributed by atoms with Gasteiger partial charge in [0.25, 0.3) is 5.89 Å². The van der Waals surface area contributed by atoms with Crippen LogP contribution in [0.3, 0.4) is 0 Å². The third-order valence-corrected chi connectivity index (χ3v) is 8.18. The minimum Gasteiger partial charge on any atom is -0.420 e. The second-order valence-electron chi connectivity index (χ2n) is 8.98. The quantitative estimate of drug-likeness (QED) is 0.362. The highest BCUT2D eigenvalue weighted by atomic mass is 32.2. The van der Waals surface area contributed by atoms with Gasteiger partial charge in [-0.15, -0.1) is 10.2 Å². The first-order valence-electron chi connectivity index (χ1n) is 11.9. The molecule has 0 unspecified atom stereocenters. The fraction of sp³-hybridized carbons (Fsp3) is 0.280. The van der Waals surface area contributed by atoms with Gasteiger partial charge in [0.2, 0.25) is 15.9 Å². The van der Waals surface area contributed by atoms with E-state index in [9.17, 15) is 26.7 Å². The summed E-state index contributed by atoms with van der Waals surface area (Å²) >= 11 is 0. The molecule has 39 heavy (non-hydrogen) atoms. The van der Waals surface area contributed by atoms with Crippen molar-refractivity contribution in [2.24, 2.45) is 0 Å². The number of nitrogens with zero attached hydrogens (tertiary/aromatic N) is 5. The van der Waals surface area contributed by atoms with Crippen LogP contribution < -0.4 is 5.32 Å². The van der Waals surface area contributed by atoms with Crippen LogP contribution in [-0.2, 0) is 16.2 Å². The van der Waals surface area contributed by atoms with Crippen molar-refractivity contribution in [3.63, 3.8) is 0 Å². The van der Waals surface area contributed by atoms with Gasteiger partial charge < -0.3 is 14.8 Å². The third-order valence-electron chi connectivity index (χ3n) is 6.30. The molecule has 1 saturated heterocycles.